The van der Waals surface area contributed by atoms with Gasteiger partial charge in [0.15, 0.2) is 0 Å². The van der Waals surface area contributed by atoms with Crippen LogP contribution in [0.4, 0.5) is 0 Å². The van der Waals surface area contributed by atoms with Gasteiger partial charge in [0.05, 0.1) is 5.69 Å². The molecule has 1 fully saturated rings. The predicted molar refractivity (Wildman–Crippen MR) is 114 cm³/mol. The molecular formula is C21H25N5OS. The molecule has 0 amide bonds. The van der Waals surface area contributed by atoms with Gasteiger partial charge in [-0.15, -0.1) is 0 Å². The smallest absolute Gasteiger partial charge is 0.275 e. The van der Waals surface area contributed by atoms with E-state index >= 15 is 0 Å². The fourth-order valence-corrected chi connectivity index (χ4v) is 4.24. The second-order valence-corrected chi connectivity index (χ2v) is 8.06. The highest BCUT2D eigenvalue weighted by molar-refractivity contribution is 7.16. The summed E-state index contributed by atoms with van der Waals surface area (Å²) < 4.78 is 1.42. The fourth-order valence-electron chi connectivity index (χ4n) is 3.38. The lowest BCUT2D eigenvalue weighted by Crippen LogP contribution is -2.46. The lowest BCUT2D eigenvalue weighted by Gasteiger charge is -2.33. The first kappa shape index (κ1) is 19.0. The number of piperazine rings is 1. The molecule has 0 unspecified atom stereocenters. The van der Waals surface area contributed by atoms with E-state index in [1.165, 1.54) is 21.4 Å². The molecule has 0 saturated carbocycles. The molecule has 0 N–H and O–H groups in total. The Kier molecular flexibility index (Phi) is 5.95. The highest BCUT2D eigenvalue weighted by Gasteiger charge is 2.17. The van der Waals surface area contributed by atoms with E-state index in [4.69, 9.17) is 0 Å². The van der Waals surface area contributed by atoms with E-state index < -0.39 is 0 Å². The Labute approximate surface area is 168 Å². The van der Waals surface area contributed by atoms with Gasteiger partial charge in [0.25, 0.3) is 5.56 Å². The summed E-state index contributed by atoms with van der Waals surface area (Å²) in [5.74, 6) is 0. The normalized spacial score (nSPS) is 16.3. The van der Waals surface area contributed by atoms with E-state index in [1.54, 1.807) is 6.07 Å². The Balaban J connectivity index is 1.31. The Morgan fingerprint density at radius 1 is 1.11 bits per heavy atom. The molecular weight excluding hydrogens is 370 g/mol. The lowest BCUT2D eigenvalue weighted by atomic mass is 10.2. The minimum absolute atomic E-state index is 0.0827. The van der Waals surface area contributed by atoms with E-state index in [9.17, 15) is 4.79 Å². The Bertz CT molecular complexity index is 1000. The zero-order chi connectivity index (χ0) is 19.3. The monoisotopic (exact) mass is 395 g/mol. The summed E-state index contributed by atoms with van der Waals surface area (Å²) in [7, 11) is 0. The van der Waals surface area contributed by atoms with E-state index in [0.29, 0.717) is 4.96 Å². The third kappa shape index (κ3) is 4.55. The molecule has 1 aromatic carbocycles. The topological polar surface area (TPSA) is 53.7 Å². The van der Waals surface area contributed by atoms with Crippen molar-refractivity contribution in [1.82, 2.24) is 24.4 Å². The number of rotatable bonds is 6. The maximum Gasteiger partial charge on any atom is 0.275 e. The van der Waals surface area contributed by atoms with Crippen LogP contribution in [-0.2, 0) is 13.0 Å². The summed E-state index contributed by atoms with van der Waals surface area (Å²) >= 11 is 1.50. The average Bonchev–Trinajstić information content (AvgIpc) is 3.14. The highest BCUT2D eigenvalue weighted by atomic mass is 32.1. The largest absolute Gasteiger partial charge is 0.297 e. The summed E-state index contributed by atoms with van der Waals surface area (Å²) in [6.45, 7) is 7.76. The molecule has 4 rings (SSSR count). The number of hydrogen-bond donors (Lipinski definition) is 0. The van der Waals surface area contributed by atoms with E-state index in [-0.39, 0.29) is 5.56 Å². The summed E-state index contributed by atoms with van der Waals surface area (Å²) in [6, 6.07) is 12.0. The van der Waals surface area contributed by atoms with Gasteiger partial charge in [0.2, 0.25) is 4.96 Å². The maximum atomic E-state index is 12.3. The zero-order valence-electron chi connectivity index (χ0n) is 16.1. The van der Waals surface area contributed by atoms with Crippen LogP contribution in [0.15, 0.2) is 47.3 Å². The standard InChI is InChI=1S/C21H25N5OS/c1-2-19-23-26-20(27)15-18(22-21(26)28-19)16-25-13-11-24(12-14-25)10-6-9-17-7-4-3-5-8-17/h3-9,15H,2,10-14,16H2,1H3/b9-6+. The first-order chi connectivity index (χ1) is 13.7. The molecule has 0 aliphatic carbocycles. The van der Waals surface area contributed by atoms with Crippen molar-refractivity contribution >= 4 is 22.4 Å². The van der Waals surface area contributed by atoms with Crippen molar-refractivity contribution in [3.05, 3.63) is 69.1 Å². The van der Waals surface area contributed by atoms with E-state index in [0.717, 1.165) is 56.4 Å². The molecule has 0 bridgehead atoms. The minimum Gasteiger partial charge on any atom is -0.297 e. The molecule has 1 saturated heterocycles. The van der Waals surface area contributed by atoms with Crippen LogP contribution in [0.3, 0.4) is 0 Å². The first-order valence-corrected chi connectivity index (χ1v) is 10.6. The molecule has 3 heterocycles. The van der Waals surface area contributed by atoms with Crippen LogP contribution in [0.25, 0.3) is 11.0 Å². The Hall–Kier alpha value is -2.35. The molecule has 7 heteroatoms. The average molecular weight is 396 g/mol. The van der Waals surface area contributed by atoms with Gasteiger partial charge in [0, 0.05) is 45.3 Å². The van der Waals surface area contributed by atoms with E-state index in [2.05, 4.69) is 56.3 Å². The molecule has 28 heavy (non-hydrogen) atoms. The van der Waals surface area contributed by atoms with Gasteiger partial charge in [-0.2, -0.15) is 9.61 Å². The molecule has 1 aliphatic heterocycles. The Morgan fingerprint density at radius 3 is 2.61 bits per heavy atom. The summed E-state index contributed by atoms with van der Waals surface area (Å²) in [4.78, 5) is 22.5. The number of benzene rings is 1. The van der Waals surface area contributed by atoms with Gasteiger partial charge >= 0.3 is 0 Å². The first-order valence-electron chi connectivity index (χ1n) is 9.76. The SMILES string of the molecule is CCc1nn2c(=O)cc(CN3CCN(C/C=C/c4ccccc4)CC3)nc2s1. The maximum absolute atomic E-state index is 12.3. The Morgan fingerprint density at radius 2 is 1.86 bits per heavy atom. The van der Waals surface area contributed by atoms with Crippen molar-refractivity contribution in [2.45, 2.75) is 19.9 Å². The van der Waals surface area contributed by atoms with Crippen molar-refractivity contribution in [2.24, 2.45) is 0 Å². The van der Waals surface area contributed by atoms with Gasteiger partial charge in [0.1, 0.15) is 5.01 Å². The van der Waals surface area contributed by atoms with Crippen LogP contribution in [-0.4, -0.2) is 57.1 Å². The number of nitrogens with zero attached hydrogens (tertiary/aromatic N) is 5. The molecule has 1 aliphatic rings. The predicted octanol–water partition coefficient (Wildman–Crippen LogP) is 2.54. The second kappa shape index (κ2) is 8.77. The zero-order valence-corrected chi connectivity index (χ0v) is 16.9. The molecule has 2 aromatic heterocycles. The van der Waals surface area contributed by atoms with Crippen LogP contribution < -0.4 is 5.56 Å². The van der Waals surface area contributed by atoms with Crippen LogP contribution >= 0.6 is 11.3 Å². The van der Waals surface area contributed by atoms with Gasteiger partial charge in [-0.1, -0.05) is 60.7 Å². The van der Waals surface area contributed by atoms with Crippen molar-refractivity contribution < 1.29 is 0 Å². The van der Waals surface area contributed by atoms with Crippen LogP contribution in [0.2, 0.25) is 0 Å². The molecule has 0 spiro atoms. The van der Waals surface area contributed by atoms with Crippen LogP contribution in [0.5, 0.6) is 0 Å². The van der Waals surface area contributed by atoms with Gasteiger partial charge in [-0.3, -0.25) is 14.6 Å². The van der Waals surface area contributed by atoms with Gasteiger partial charge < -0.3 is 0 Å². The number of hydrogen-bond acceptors (Lipinski definition) is 6. The summed E-state index contributed by atoms with van der Waals surface area (Å²) in [5, 5.41) is 5.26. The van der Waals surface area contributed by atoms with Crippen LogP contribution in [0.1, 0.15) is 23.2 Å². The van der Waals surface area contributed by atoms with Crippen LogP contribution in [0, 0.1) is 0 Å². The minimum atomic E-state index is -0.0827. The highest BCUT2D eigenvalue weighted by Crippen LogP contribution is 2.13. The fraction of sp³-hybridized carbons (Fsp3) is 0.381. The van der Waals surface area contributed by atoms with E-state index in [1.807, 2.05) is 13.0 Å². The van der Waals surface area contributed by atoms with Crippen molar-refractivity contribution in [3.63, 3.8) is 0 Å². The van der Waals surface area contributed by atoms with Gasteiger partial charge in [-0.25, -0.2) is 4.98 Å². The molecule has 6 nitrogen and oxygen atoms in total. The second-order valence-electron chi connectivity index (χ2n) is 7.02. The molecule has 146 valence electrons. The van der Waals surface area contributed by atoms with Crippen molar-refractivity contribution in [3.8, 4) is 0 Å². The summed E-state index contributed by atoms with van der Waals surface area (Å²) in [5.41, 5.74) is 2.00. The van der Waals surface area contributed by atoms with Crippen molar-refractivity contribution in [1.29, 1.82) is 0 Å². The summed E-state index contributed by atoms with van der Waals surface area (Å²) in [6.07, 6.45) is 5.23. The third-order valence-corrected chi connectivity index (χ3v) is 6.02. The van der Waals surface area contributed by atoms with Gasteiger partial charge in [-0.05, 0) is 12.0 Å². The quantitative estimate of drug-likeness (QED) is 0.642. The number of aromatic nitrogens is 3. The molecule has 0 radical (unpaired) electrons. The third-order valence-electron chi connectivity index (χ3n) is 4.97. The number of fused-ring (bicyclic) bond motifs is 1. The molecule has 3 aromatic rings. The number of aryl methyl sites for hydroxylation is 1. The lowest BCUT2D eigenvalue weighted by molar-refractivity contribution is 0.136. The molecule has 0 atom stereocenters. The van der Waals surface area contributed by atoms with Crippen molar-refractivity contribution in [2.75, 3.05) is 32.7 Å².